The maximum atomic E-state index is 12.8. The number of carbonyl (C=O) groups is 3. The molecule has 9 nitrogen and oxygen atoms in total. The van der Waals surface area contributed by atoms with E-state index in [1.54, 1.807) is 0 Å². The summed E-state index contributed by atoms with van der Waals surface area (Å²) in [4.78, 5) is 38.4. The molecule has 3 rings (SSSR count). The van der Waals surface area contributed by atoms with Gasteiger partial charge in [-0.05, 0) is 48.8 Å². The van der Waals surface area contributed by atoms with Gasteiger partial charge in [-0.15, -0.1) is 0 Å². The number of aliphatic hydroxyl groups excluding tert-OH is 2. The van der Waals surface area contributed by atoms with Crippen LogP contribution in [0.3, 0.4) is 0 Å². The number of epoxide rings is 1. The Morgan fingerprint density at radius 1 is 1.22 bits per heavy atom. The van der Waals surface area contributed by atoms with E-state index in [1.807, 2.05) is 32.0 Å². The molecule has 2 amide bonds. The largest absolute Gasteiger partial charge is 0.398 e. The summed E-state index contributed by atoms with van der Waals surface area (Å²) in [6.45, 7) is 2.87. The van der Waals surface area contributed by atoms with E-state index in [0.717, 1.165) is 16.8 Å². The molecule has 1 aromatic carbocycles. The van der Waals surface area contributed by atoms with Gasteiger partial charge in [0.05, 0.1) is 25.9 Å². The predicted molar refractivity (Wildman–Crippen MR) is 118 cm³/mol. The highest BCUT2D eigenvalue weighted by Gasteiger charge is 2.54. The molecule has 1 aliphatic carbocycles. The van der Waals surface area contributed by atoms with Crippen LogP contribution >= 0.6 is 0 Å². The number of ether oxygens (including phenoxy) is 1. The van der Waals surface area contributed by atoms with Gasteiger partial charge in [-0.2, -0.15) is 0 Å². The molecule has 1 fully saturated rings. The summed E-state index contributed by atoms with van der Waals surface area (Å²) in [5.74, 6) is -1.61. The molecular formula is C23H33N3O6. The van der Waals surface area contributed by atoms with Gasteiger partial charge < -0.3 is 31.3 Å². The van der Waals surface area contributed by atoms with E-state index in [-0.39, 0.29) is 24.3 Å². The molecule has 0 spiro atoms. The number of ketones is 1. The molecule has 4 atom stereocenters. The molecule has 0 bridgehead atoms. The van der Waals surface area contributed by atoms with E-state index in [9.17, 15) is 24.6 Å². The highest BCUT2D eigenvalue weighted by Crippen LogP contribution is 2.31. The number of Topliss-reactive ketones (excluding diaryl/α,β-unsaturated/α-hetero) is 1. The molecule has 0 saturated carbocycles. The minimum absolute atomic E-state index is 0.0932. The van der Waals surface area contributed by atoms with Crippen LogP contribution in [0.5, 0.6) is 0 Å². The molecule has 1 aromatic rings. The molecule has 1 heterocycles. The zero-order chi connectivity index (χ0) is 23.5. The Morgan fingerprint density at radius 3 is 2.53 bits per heavy atom. The number of nitrogen functional groups attached to an aromatic ring is 1. The van der Waals surface area contributed by atoms with Crippen molar-refractivity contribution in [2.45, 2.75) is 57.2 Å². The summed E-state index contributed by atoms with van der Waals surface area (Å²) in [6, 6.07) is 3.58. The Bertz CT molecular complexity index is 867. The van der Waals surface area contributed by atoms with Gasteiger partial charge >= 0.3 is 0 Å². The lowest BCUT2D eigenvalue weighted by molar-refractivity contribution is -0.135. The molecule has 32 heavy (non-hydrogen) atoms. The number of nitrogens with one attached hydrogen (secondary N) is 2. The minimum Gasteiger partial charge on any atom is -0.398 e. The van der Waals surface area contributed by atoms with Gasteiger partial charge in [0, 0.05) is 11.6 Å². The van der Waals surface area contributed by atoms with Crippen molar-refractivity contribution in [1.82, 2.24) is 10.6 Å². The Labute approximate surface area is 187 Å². The van der Waals surface area contributed by atoms with Crippen LogP contribution in [0.1, 0.15) is 37.8 Å². The van der Waals surface area contributed by atoms with Crippen LogP contribution in [0.2, 0.25) is 0 Å². The van der Waals surface area contributed by atoms with Crippen molar-refractivity contribution in [3.05, 3.63) is 29.3 Å². The van der Waals surface area contributed by atoms with E-state index in [2.05, 4.69) is 10.6 Å². The lowest BCUT2D eigenvalue weighted by Gasteiger charge is -2.28. The van der Waals surface area contributed by atoms with Crippen molar-refractivity contribution in [2.75, 3.05) is 25.6 Å². The zero-order valence-corrected chi connectivity index (χ0v) is 18.6. The molecule has 0 aromatic heterocycles. The van der Waals surface area contributed by atoms with Gasteiger partial charge in [0.25, 0.3) is 0 Å². The average Bonchev–Trinajstić information content (AvgIpc) is 3.57. The zero-order valence-electron chi connectivity index (χ0n) is 18.6. The minimum atomic E-state index is -1.26. The summed E-state index contributed by atoms with van der Waals surface area (Å²) in [7, 11) is 0. The van der Waals surface area contributed by atoms with E-state index >= 15 is 0 Å². The quantitative estimate of drug-likeness (QED) is 0.244. The number of fused-ring (bicyclic) bond motifs is 1. The van der Waals surface area contributed by atoms with Gasteiger partial charge in [-0.1, -0.05) is 26.0 Å². The number of hydrogen-bond acceptors (Lipinski definition) is 7. The number of nitrogens with two attached hydrogens (primary N) is 1. The summed E-state index contributed by atoms with van der Waals surface area (Å²) in [5.41, 5.74) is 7.55. The molecule has 176 valence electrons. The van der Waals surface area contributed by atoms with E-state index in [0.29, 0.717) is 25.7 Å². The van der Waals surface area contributed by atoms with Crippen molar-refractivity contribution in [3.8, 4) is 0 Å². The smallest absolute Gasteiger partial charge is 0.245 e. The molecule has 0 radical (unpaired) electrons. The summed E-state index contributed by atoms with van der Waals surface area (Å²) >= 11 is 0. The first-order valence-electron chi connectivity index (χ1n) is 11.1. The van der Waals surface area contributed by atoms with Crippen LogP contribution in [0, 0.1) is 11.8 Å². The lowest BCUT2D eigenvalue weighted by atomic mass is 9.82. The molecule has 1 saturated heterocycles. The Morgan fingerprint density at radius 2 is 1.94 bits per heavy atom. The number of aliphatic hydroxyl groups is 2. The maximum absolute atomic E-state index is 12.8. The van der Waals surface area contributed by atoms with Crippen molar-refractivity contribution in [3.63, 3.8) is 0 Å². The predicted octanol–water partition coefficient (Wildman–Crippen LogP) is -0.288. The van der Waals surface area contributed by atoms with Gasteiger partial charge in [0.2, 0.25) is 11.8 Å². The monoisotopic (exact) mass is 447 g/mol. The van der Waals surface area contributed by atoms with Crippen LogP contribution in [-0.4, -0.2) is 65.3 Å². The topological polar surface area (TPSA) is 154 Å². The molecule has 2 aliphatic rings. The van der Waals surface area contributed by atoms with E-state index < -0.39 is 42.6 Å². The highest BCUT2D eigenvalue weighted by molar-refractivity contribution is 5.98. The fourth-order valence-corrected chi connectivity index (χ4v) is 4.24. The second-order valence-corrected chi connectivity index (χ2v) is 9.16. The highest BCUT2D eigenvalue weighted by atomic mass is 16.6. The number of amides is 2. The van der Waals surface area contributed by atoms with Crippen molar-refractivity contribution in [2.24, 2.45) is 11.8 Å². The third kappa shape index (κ3) is 5.28. The lowest BCUT2D eigenvalue weighted by Crippen LogP contribution is -2.56. The molecule has 4 unspecified atom stereocenters. The summed E-state index contributed by atoms with van der Waals surface area (Å²) in [6.07, 6.45) is 2.13. The number of anilines is 1. The van der Waals surface area contributed by atoms with Crippen LogP contribution in [0.4, 0.5) is 5.69 Å². The number of rotatable bonds is 10. The third-order valence-corrected chi connectivity index (χ3v) is 6.24. The first-order chi connectivity index (χ1) is 15.2. The van der Waals surface area contributed by atoms with E-state index in [1.165, 1.54) is 0 Å². The number of carbonyl (C=O) groups excluding carboxylic acids is 3. The molecule has 9 heteroatoms. The Hall–Kier alpha value is -2.49. The molecule has 6 N–H and O–H groups in total. The first-order valence-corrected chi connectivity index (χ1v) is 11.1. The third-order valence-electron chi connectivity index (χ3n) is 6.24. The average molecular weight is 448 g/mol. The summed E-state index contributed by atoms with van der Waals surface area (Å²) in [5, 5.41) is 24.5. The fourth-order valence-electron chi connectivity index (χ4n) is 4.24. The van der Waals surface area contributed by atoms with Crippen LogP contribution in [0.25, 0.3) is 0 Å². The molecular weight excluding hydrogens is 414 g/mol. The summed E-state index contributed by atoms with van der Waals surface area (Å²) < 4.78 is 5.14. The van der Waals surface area contributed by atoms with Crippen LogP contribution in [0.15, 0.2) is 18.2 Å². The second kappa shape index (κ2) is 9.97. The fraction of sp³-hybridized carbons (Fsp3) is 0.609. The number of benzene rings is 1. The van der Waals surface area contributed by atoms with Crippen molar-refractivity contribution < 1.29 is 29.3 Å². The SMILES string of the molecule is CC(C)CC(NC(=O)C(CO)NC(=O)C1CCc2c(N)cccc2C1)C(=O)C1(CO)CO1. The number of hydrogen-bond donors (Lipinski definition) is 5. The maximum Gasteiger partial charge on any atom is 0.245 e. The van der Waals surface area contributed by atoms with Crippen molar-refractivity contribution >= 4 is 23.3 Å². The Balaban J connectivity index is 1.63. The normalized spacial score (nSPS) is 23.7. The van der Waals surface area contributed by atoms with Gasteiger partial charge in [-0.3, -0.25) is 14.4 Å². The molecule has 1 aliphatic heterocycles. The van der Waals surface area contributed by atoms with Gasteiger partial charge in [0.1, 0.15) is 6.04 Å². The van der Waals surface area contributed by atoms with Crippen LogP contribution in [-0.2, 0) is 32.0 Å². The van der Waals surface area contributed by atoms with Crippen LogP contribution < -0.4 is 16.4 Å². The van der Waals surface area contributed by atoms with Gasteiger partial charge in [-0.25, -0.2) is 0 Å². The second-order valence-electron chi connectivity index (χ2n) is 9.16. The van der Waals surface area contributed by atoms with Crippen molar-refractivity contribution in [1.29, 1.82) is 0 Å². The first kappa shape index (κ1) is 24.2. The van der Waals surface area contributed by atoms with Gasteiger partial charge in [0.15, 0.2) is 11.4 Å². The standard InChI is InChI=1S/C23H33N3O6/c1-13(2)8-18(20(29)23(11-28)12-32-23)25-22(31)19(10-27)26-21(30)15-6-7-16-14(9-15)4-3-5-17(16)24/h3-5,13,15,18-19,27-28H,6-12,24H2,1-2H3,(H,25,31)(H,26,30). The van der Waals surface area contributed by atoms with E-state index in [4.69, 9.17) is 10.5 Å². The Kier molecular flexibility index (Phi) is 7.53.